The topological polar surface area (TPSA) is 38.0 Å². The highest BCUT2D eigenvalue weighted by molar-refractivity contribution is 5.50. The van der Waals surface area contributed by atoms with Crippen LogP contribution in [-0.2, 0) is 6.42 Å². The molecule has 0 spiro atoms. The molecule has 14 heavy (non-hydrogen) atoms. The molecule has 0 heterocycles. The summed E-state index contributed by atoms with van der Waals surface area (Å²) >= 11 is 0. The van der Waals surface area contributed by atoms with Crippen molar-refractivity contribution in [2.45, 2.75) is 33.1 Å². The minimum absolute atomic E-state index is 0.731. The van der Waals surface area contributed by atoms with Crippen LogP contribution in [-0.4, -0.2) is 0 Å². The zero-order chi connectivity index (χ0) is 10.4. The Morgan fingerprint density at radius 2 is 2.07 bits per heavy atom. The molecule has 3 N–H and O–H groups in total. The molecule has 78 valence electrons. The summed E-state index contributed by atoms with van der Waals surface area (Å²) in [6, 6.07) is 8.23. The van der Waals surface area contributed by atoms with Crippen LogP contribution in [0.1, 0.15) is 32.3 Å². The summed E-state index contributed by atoms with van der Waals surface area (Å²) in [5, 5.41) is 0. The molecule has 1 rings (SSSR count). The van der Waals surface area contributed by atoms with Crippen molar-refractivity contribution >= 4 is 5.69 Å². The first-order valence-corrected chi connectivity index (χ1v) is 5.32. The fourth-order valence-corrected chi connectivity index (χ4v) is 1.81. The Kier molecular flexibility index (Phi) is 4.47. The Morgan fingerprint density at radius 1 is 1.36 bits per heavy atom. The summed E-state index contributed by atoms with van der Waals surface area (Å²) in [5.74, 6) is 6.18. The number of nitrogen functional groups attached to an aromatic ring is 1. The van der Waals surface area contributed by atoms with E-state index in [1.807, 2.05) is 12.1 Å². The summed E-state index contributed by atoms with van der Waals surface area (Å²) in [4.78, 5) is 0. The highest BCUT2D eigenvalue weighted by atomic mass is 15.2. The maximum atomic E-state index is 5.45. The normalized spacial score (nSPS) is 12.5. The average molecular weight is 192 g/mol. The van der Waals surface area contributed by atoms with Gasteiger partial charge in [0.25, 0.3) is 0 Å². The number of anilines is 1. The zero-order valence-electron chi connectivity index (χ0n) is 9.09. The lowest BCUT2D eigenvalue weighted by Gasteiger charge is -2.13. The molecule has 0 fully saturated rings. The highest BCUT2D eigenvalue weighted by Crippen LogP contribution is 2.19. The molecule has 0 aliphatic rings. The molecule has 0 saturated heterocycles. The number of benzene rings is 1. The molecule has 0 saturated carbocycles. The second-order valence-electron chi connectivity index (χ2n) is 3.90. The number of nitrogens with two attached hydrogens (primary N) is 1. The van der Waals surface area contributed by atoms with E-state index in [9.17, 15) is 0 Å². The summed E-state index contributed by atoms with van der Waals surface area (Å²) in [7, 11) is 0. The number of nitrogens with one attached hydrogen (secondary N) is 1. The predicted octanol–water partition coefficient (Wildman–Crippen LogP) is 2.95. The van der Waals surface area contributed by atoms with Gasteiger partial charge in [0.15, 0.2) is 0 Å². The van der Waals surface area contributed by atoms with Gasteiger partial charge in [-0.1, -0.05) is 44.9 Å². The molecule has 2 heteroatoms. The molecule has 1 aromatic rings. The maximum absolute atomic E-state index is 5.45. The molecule has 0 aliphatic carbocycles. The van der Waals surface area contributed by atoms with Crippen molar-refractivity contribution in [3.05, 3.63) is 29.8 Å². The van der Waals surface area contributed by atoms with Gasteiger partial charge in [0, 0.05) is 0 Å². The molecule has 0 aliphatic heterocycles. The van der Waals surface area contributed by atoms with Crippen molar-refractivity contribution in [1.82, 2.24) is 0 Å². The van der Waals surface area contributed by atoms with Crippen LogP contribution in [0.4, 0.5) is 5.69 Å². The molecule has 1 unspecified atom stereocenters. The van der Waals surface area contributed by atoms with E-state index >= 15 is 0 Å². The number of hydrogen-bond acceptors (Lipinski definition) is 2. The van der Waals surface area contributed by atoms with Crippen molar-refractivity contribution in [3.63, 3.8) is 0 Å². The summed E-state index contributed by atoms with van der Waals surface area (Å²) in [5.41, 5.74) is 5.11. The lowest BCUT2D eigenvalue weighted by Crippen LogP contribution is -2.10. The molecule has 1 atom stereocenters. The monoisotopic (exact) mass is 192 g/mol. The Labute approximate surface area is 86.5 Å². The van der Waals surface area contributed by atoms with Crippen LogP contribution >= 0.6 is 0 Å². The fourth-order valence-electron chi connectivity index (χ4n) is 1.81. The van der Waals surface area contributed by atoms with Crippen molar-refractivity contribution in [1.29, 1.82) is 0 Å². The van der Waals surface area contributed by atoms with Crippen LogP contribution in [0.3, 0.4) is 0 Å². The maximum Gasteiger partial charge on any atom is 0.0517 e. The zero-order valence-corrected chi connectivity index (χ0v) is 9.09. The number of para-hydroxylation sites is 1. The molecule has 0 aromatic heterocycles. The van der Waals surface area contributed by atoms with Gasteiger partial charge in [-0.15, -0.1) is 0 Å². The van der Waals surface area contributed by atoms with E-state index in [4.69, 9.17) is 5.84 Å². The fraction of sp³-hybridized carbons (Fsp3) is 0.500. The van der Waals surface area contributed by atoms with Crippen LogP contribution in [0.25, 0.3) is 0 Å². The second kappa shape index (κ2) is 5.66. The largest absolute Gasteiger partial charge is 0.324 e. The Bertz CT molecular complexity index is 271. The van der Waals surface area contributed by atoms with Gasteiger partial charge in [-0.25, -0.2) is 0 Å². The van der Waals surface area contributed by atoms with E-state index in [1.54, 1.807) is 0 Å². The van der Waals surface area contributed by atoms with Crippen molar-refractivity contribution in [2.75, 3.05) is 5.43 Å². The number of hydrazine groups is 1. The van der Waals surface area contributed by atoms with Gasteiger partial charge < -0.3 is 5.43 Å². The van der Waals surface area contributed by atoms with Gasteiger partial charge in [0.1, 0.15) is 0 Å². The SMILES string of the molecule is CCCC(C)Cc1ccccc1NN. The van der Waals surface area contributed by atoms with Gasteiger partial charge in [0.2, 0.25) is 0 Å². The number of hydrogen-bond donors (Lipinski definition) is 2. The van der Waals surface area contributed by atoms with Crippen LogP contribution in [0.2, 0.25) is 0 Å². The summed E-state index contributed by atoms with van der Waals surface area (Å²) in [6.07, 6.45) is 3.63. The minimum Gasteiger partial charge on any atom is -0.324 e. The van der Waals surface area contributed by atoms with E-state index in [1.165, 1.54) is 18.4 Å². The number of rotatable bonds is 5. The Hall–Kier alpha value is -1.02. The molecule has 0 bridgehead atoms. The first-order valence-electron chi connectivity index (χ1n) is 5.32. The van der Waals surface area contributed by atoms with E-state index in [0.29, 0.717) is 0 Å². The van der Waals surface area contributed by atoms with Crippen molar-refractivity contribution < 1.29 is 0 Å². The van der Waals surface area contributed by atoms with Crippen LogP contribution in [0.15, 0.2) is 24.3 Å². The quantitative estimate of drug-likeness (QED) is 0.556. The first-order chi connectivity index (χ1) is 6.77. The van der Waals surface area contributed by atoms with Crippen LogP contribution in [0.5, 0.6) is 0 Å². The standard InChI is InChI=1S/C12H20N2/c1-3-6-10(2)9-11-7-4-5-8-12(11)14-13/h4-5,7-8,10,14H,3,6,9,13H2,1-2H3. The van der Waals surface area contributed by atoms with Crippen molar-refractivity contribution in [3.8, 4) is 0 Å². The van der Waals surface area contributed by atoms with E-state index in [-0.39, 0.29) is 0 Å². The second-order valence-corrected chi connectivity index (χ2v) is 3.90. The van der Waals surface area contributed by atoms with Gasteiger partial charge >= 0.3 is 0 Å². The van der Waals surface area contributed by atoms with Crippen LogP contribution in [0, 0.1) is 5.92 Å². The smallest absolute Gasteiger partial charge is 0.0517 e. The lowest BCUT2D eigenvalue weighted by atomic mass is 9.96. The third kappa shape index (κ3) is 3.04. The van der Waals surface area contributed by atoms with E-state index in [0.717, 1.165) is 18.0 Å². The molecule has 1 aromatic carbocycles. The Morgan fingerprint density at radius 3 is 2.71 bits per heavy atom. The molecule has 2 nitrogen and oxygen atoms in total. The van der Waals surface area contributed by atoms with Crippen molar-refractivity contribution in [2.24, 2.45) is 11.8 Å². The third-order valence-corrected chi connectivity index (χ3v) is 2.52. The minimum atomic E-state index is 0.731. The molecule has 0 radical (unpaired) electrons. The summed E-state index contributed by atoms with van der Waals surface area (Å²) in [6.45, 7) is 4.51. The van der Waals surface area contributed by atoms with Crippen LogP contribution < -0.4 is 11.3 Å². The van der Waals surface area contributed by atoms with Gasteiger partial charge in [0.05, 0.1) is 5.69 Å². The Balaban J connectivity index is 2.65. The van der Waals surface area contributed by atoms with Gasteiger partial charge in [-0.05, 0) is 24.0 Å². The lowest BCUT2D eigenvalue weighted by molar-refractivity contribution is 0.523. The van der Waals surface area contributed by atoms with E-state index < -0.39 is 0 Å². The molecular weight excluding hydrogens is 172 g/mol. The molecular formula is C12H20N2. The molecule has 0 amide bonds. The first kappa shape index (κ1) is 11.1. The van der Waals surface area contributed by atoms with Gasteiger partial charge in [-0.2, -0.15) is 0 Å². The van der Waals surface area contributed by atoms with Gasteiger partial charge in [-0.3, -0.25) is 5.84 Å². The summed E-state index contributed by atoms with van der Waals surface area (Å²) < 4.78 is 0. The highest BCUT2D eigenvalue weighted by Gasteiger charge is 2.05. The van der Waals surface area contributed by atoms with E-state index in [2.05, 4.69) is 31.4 Å². The average Bonchev–Trinajstić information content (AvgIpc) is 2.19. The predicted molar refractivity (Wildman–Crippen MR) is 62.0 cm³/mol. The third-order valence-electron chi connectivity index (χ3n) is 2.52.